The van der Waals surface area contributed by atoms with Crippen molar-refractivity contribution in [2.75, 3.05) is 38.2 Å². The van der Waals surface area contributed by atoms with Crippen molar-refractivity contribution < 1.29 is 37.9 Å². The number of nitrogens with two attached hydrogens (primary N) is 1. The van der Waals surface area contributed by atoms with Crippen LogP contribution in [0, 0.1) is 17.0 Å². The number of nitrogens with one attached hydrogen (secondary N) is 1. The van der Waals surface area contributed by atoms with Gasteiger partial charge in [0.2, 0.25) is 11.6 Å². The number of hydrogen-bond donors (Lipinski definition) is 3. The molecule has 1 aromatic heterocycles. The van der Waals surface area contributed by atoms with Crippen molar-refractivity contribution in [3.63, 3.8) is 0 Å². The molecule has 226 valence electrons. The van der Waals surface area contributed by atoms with Gasteiger partial charge in [-0.05, 0) is 56.2 Å². The fraction of sp³-hybridized carbons (Fsp3) is 0.310. The molecule has 1 fully saturated rings. The molecule has 1 saturated heterocycles. The number of aliphatic imine (C=N–C) groups is 1. The van der Waals surface area contributed by atoms with E-state index in [0.29, 0.717) is 43.1 Å². The SMILES string of the molecule is CCOOC(=O)C1CCCN1c1ccc(Oc2c(F)cnc(Oc3cc(C(=N)N)ccc3O)c2F)c(C2=NCCN2C)c1. The number of phenolic OH excluding ortho intramolecular Hbond substituents is 1. The van der Waals surface area contributed by atoms with Crippen LogP contribution in [-0.4, -0.2) is 72.0 Å². The second kappa shape index (κ2) is 12.5. The Morgan fingerprint density at radius 1 is 1.16 bits per heavy atom. The number of phenols is 1. The molecule has 5 rings (SSSR count). The normalized spacial score (nSPS) is 16.3. The van der Waals surface area contributed by atoms with Gasteiger partial charge in [-0.1, -0.05) is 0 Å². The van der Waals surface area contributed by atoms with Crippen molar-refractivity contribution in [2.24, 2.45) is 10.7 Å². The summed E-state index contributed by atoms with van der Waals surface area (Å²) in [5, 5.41) is 17.8. The van der Waals surface area contributed by atoms with Crippen molar-refractivity contribution in [2.45, 2.75) is 25.8 Å². The Hall–Kier alpha value is -4.98. The Bertz CT molecular complexity index is 1590. The van der Waals surface area contributed by atoms with E-state index >= 15 is 4.39 Å². The summed E-state index contributed by atoms with van der Waals surface area (Å²) in [5.41, 5.74) is 6.83. The number of pyridine rings is 1. The summed E-state index contributed by atoms with van der Waals surface area (Å²) in [5.74, 6) is -4.61. The Labute approximate surface area is 245 Å². The van der Waals surface area contributed by atoms with Crippen LogP contribution in [0.3, 0.4) is 0 Å². The maximum atomic E-state index is 15.6. The zero-order valence-corrected chi connectivity index (χ0v) is 23.5. The Morgan fingerprint density at radius 3 is 2.70 bits per heavy atom. The van der Waals surface area contributed by atoms with E-state index in [1.54, 1.807) is 25.1 Å². The lowest BCUT2D eigenvalue weighted by molar-refractivity contribution is -0.270. The standard InChI is InChI=1S/C29H30F2N6O6/c1-3-40-43-29(39)20-5-4-11-37(20)17-7-9-22(18(14-17)27-34-10-12-36(27)2)41-25-19(30)15-35-28(24(25)31)42-23-13-16(26(32)33)6-8-21(23)38/h6-9,13-15,20,38H,3-5,10-12H2,1-2H3,(H3,32,33). The molecule has 3 heterocycles. The summed E-state index contributed by atoms with van der Waals surface area (Å²) in [6.07, 6.45) is 2.05. The number of aromatic hydroxyl groups is 1. The molecule has 2 aliphatic rings. The van der Waals surface area contributed by atoms with E-state index < -0.39 is 35.3 Å². The molecule has 0 saturated carbocycles. The molecule has 0 amide bonds. The molecular formula is C29H30F2N6O6. The van der Waals surface area contributed by atoms with Gasteiger partial charge in [-0.2, -0.15) is 9.28 Å². The molecule has 12 nitrogen and oxygen atoms in total. The number of hydrogen-bond acceptors (Lipinski definition) is 11. The fourth-order valence-electron chi connectivity index (χ4n) is 4.85. The highest BCUT2D eigenvalue weighted by atomic mass is 19.1. The number of nitrogens with zero attached hydrogens (tertiary/aromatic N) is 4. The highest BCUT2D eigenvalue weighted by Gasteiger charge is 2.34. The van der Waals surface area contributed by atoms with E-state index in [2.05, 4.69) is 9.98 Å². The molecule has 43 heavy (non-hydrogen) atoms. The Balaban J connectivity index is 1.49. The van der Waals surface area contributed by atoms with Crippen molar-refractivity contribution in [1.82, 2.24) is 9.88 Å². The van der Waals surface area contributed by atoms with E-state index in [-0.39, 0.29) is 35.3 Å². The van der Waals surface area contributed by atoms with Crippen molar-refractivity contribution in [3.8, 4) is 28.9 Å². The molecule has 14 heteroatoms. The van der Waals surface area contributed by atoms with E-state index in [1.807, 2.05) is 16.8 Å². The van der Waals surface area contributed by atoms with Crippen molar-refractivity contribution >= 4 is 23.3 Å². The van der Waals surface area contributed by atoms with Crippen LogP contribution in [0.1, 0.15) is 30.9 Å². The predicted octanol–water partition coefficient (Wildman–Crippen LogP) is 4.09. The Kier molecular flexibility index (Phi) is 8.57. The summed E-state index contributed by atoms with van der Waals surface area (Å²) in [7, 11) is 1.83. The van der Waals surface area contributed by atoms with Crippen LogP contribution < -0.4 is 20.1 Å². The lowest BCUT2D eigenvalue weighted by atomic mass is 10.1. The number of benzene rings is 2. The van der Waals surface area contributed by atoms with Gasteiger partial charge < -0.3 is 30.1 Å². The minimum Gasteiger partial charge on any atom is -0.504 e. The van der Waals surface area contributed by atoms with Gasteiger partial charge in [0, 0.05) is 31.4 Å². The van der Waals surface area contributed by atoms with Gasteiger partial charge in [0.05, 0.1) is 24.9 Å². The number of anilines is 1. The maximum Gasteiger partial charge on any atom is 0.364 e. The molecular weight excluding hydrogens is 566 g/mol. The minimum atomic E-state index is -1.26. The summed E-state index contributed by atoms with van der Waals surface area (Å²) >= 11 is 0. The first kappa shape index (κ1) is 29.5. The number of carbonyl (C=O) groups excluding carboxylic acids is 1. The van der Waals surface area contributed by atoms with E-state index in [9.17, 15) is 14.3 Å². The summed E-state index contributed by atoms with van der Waals surface area (Å²) in [6, 6.07) is 8.24. The first-order chi connectivity index (χ1) is 20.7. The fourth-order valence-corrected chi connectivity index (χ4v) is 4.85. The molecule has 0 bridgehead atoms. The summed E-state index contributed by atoms with van der Waals surface area (Å²) in [4.78, 5) is 34.4. The van der Waals surface area contributed by atoms with Gasteiger partial charge in [0.15, 0.2) is 17.3 Å². The third kappa shape index (κ3) is 6.14. The van der Waals surface area contributed by atoms with Gasteiger partial charge in [-0.3, -0.25) is 15.3 Å². The van der Waals surface area contributed by atoms with Crippen LogP contribution in [0.2, 0.25) is 0 Å². The topological polar surface area (TPSA) is 156 Å². The number of aromatic nitrogens is 1. The lowest BCUT2D eigenvalue weighted by Crippen LogP contribution is -2.37. The first-order valence-electron chi connectivity index (χ1n) is 13.5. The number of likely N-dealkylation sites (N-methyl/N-ethyl adjacent to an activating group) is 1. The minimum absolute atomic E-state index is 0.0975. The molecule has 0 spiro atoms. The van der Waals surface area contributed by atoms with E-state index in [4.69, 9.17) is 30.4 Å². The van der Waals surface area contributed by atoms with Gasteiger partial charge >= 0.3 is 5.97 Å². The molecule has 0 aliphatic carbocycles. The zero-order chi connectivity index (χ0) is 30.7. The second-order valence-corrected chi connectivity index (χ2v) is 9.82. The van der Waals surface area contributed by atoms with E-state index in [1.165, 1.54) is 18.2 Å². The monoisotopic (exact) mass is 596 g/mol. The molecule has 3 aromatic rings. The molecule has 2 aliphatic heterocycles. The van der Waals surface area contributed by atoms with Crippen LogP contribution in [0.4, 0.5) is 14.5 Å². The van der Waals surface area contributed by atoms with Crippen LogP contribution in [-0.2, 0) is 14.6 Å². The predicted molar refractivity (Wildman–Crippen MR) is 152 cm³/mol. The third-order valence-corrected chi connectivity index (χ3v) is 6.97. The number of rotatable bonds is 10. The average molecular weight is 597 g/mol. The highest BCUT2D eigenvalue weighted by molar-refractivity contribution is 6.03. The highest BCUT2D eigenvalue weighted by Crippen LogP contribution is 2.39. The molecule has 1 unspecified atom stereocenters. The van der Waals surface area contributed by atoms with Crippen molar-refractivity contribution in [3.05, 3.63) is 65.4 Å². The van der Waals surface area contributed by atoms with Crippen LogP contribution >= 0.6 is 0 Å². The number of carbonyl (C=O) groups is 1. The van der Waals surface area contributed by atoms with Gasteiger partial charge in [-0.15, -0.1) is 0 Å². The smallest absolute Gasteiger partial charge is 0.364 e. The zero-order valence-electron chi connectivity index (χ0n) is 23.5. The first-order valence-corrected chi connectivity index (χ1v) is 13.5. The van der Waals surface area contributed by atoms with E-state index in [0.717, 1.165) is 12.6 Å². The average Bonchev–Trinajstić information content (AvgIpc) is 3.66. The molecule has 1 atom stereocenters. The molecule has 0 radical (unpaired) electrons. The number of halogens is 2. The van der Waals surface area contributed by atoms with Crippen LogP contribution in [0.25, 0.3) is 0 Å². The third-order valence-electron chi connectivity index (χ3n) is 6.97. The van der Waals surface area contributed by atoms with Crippen molar-refractivity contribution in [1.29, 1.82) is 5.41 Å². The maximum absolute atomic E-state index is 15.6. The number of amidine groups is 2. The number of nitrogen functional groups attached to an aromatic ring is 1. The van der Waals surface area contributed by atoms with Gasteiger partial charge in [0.1, 0.15) is 23.5 Å². The molecule has 4 N–H and O–H groups in total. The lowest BCUT2D eigenvalue weighted by Gasteiger charge is -2.26. The quantitative estimate of drug-likeness (QED) is 0.135. The summed E-state index contributed by atoms with van der Waals surface area (Å²) in [6.45, 7) is 3.66. The molecule has 2 aromatic carbocycles. The van der Waals surface area contributed by atoms with Gasteiger partial charge in [0.25, 0.3) is 5.88 Å². The number of ether oxygens (including phenoxy) is 2. The van der Waals surface area contributed by atoms with Crippen LogP contribution in [0.5, 0.6) is 28.9 Å². The Morgan fingerprint density at radius 2 is 1.98 bits per heavy atom. The van der Waals surface area contributed by atoms with Gasteiger partial charge in [-0.25, -0.2) is 14.2 Å². The second-order valence-electron chi connectivity index (χ2n) is 9.82. The largest absolute Gasteiger partial charge is 0.504 e. The van der Waals surface area contributed by atoms with Crippen LogP contribution in [0.15, 0.2) is 47.6 Å². The summed E-state index contributed by atoms with van der Waals surface area (Å²) < 4.78 is 41.9.